The van der Waals surface area contributed by atoms with Crippen molar-refractivity contribution < 1.29 is 9.13 Å². The van der Waals surface area contributed by atoms with Crippen LogP contribution in [0.15, 0.2) is 29.3 Å². The second-order valence-corrected chi connectivity index (χ2v) is 8.29. The number of ether oxygens (including phenoxy) is 1. The Kier molecular flexibility index (Phi) is 10.8. The first kappa shape index (κ1) is 25.3. The minimum atomic E-state index is -0.173. The predicted octanol–water partition coefficient (Wildman–Crippen LogP) is 2.68. The SMILES string of the molecule is CN=C(NCC(C)N1CCOCC1C)NC1CCN(Cc2ccc(F)cc2)CC1.I. The van der Waals surface area contributed by atoms with Gasteiger partial charge in [0.1, 0.15) is 5.82 Å². The molecule has 2 unspecified atom stereocenters. The number of nitrogens with one attached hydrogen (secondary N) is 2. The van der Waals surface area contributed by atoms with Crippen molar-refractivity contribution in [3.05, 3.63) is 35.6 Å². The van der Waals surface area contributed by atoms with E-state index < -0.39 is 0 Å². The first-order chi connectivity index (χ1) is 14.0. The van der Waals surface area contributed by atoms with Gasteiger partial charge in [-0.25, -0.2) is 4.39 Å². The maximum Gasteiger partial charge on any atom is 0.191 e. The van der Waals surface area contributed by atoms with E-state index in [1.54, 1.807) is 0 Å². The fourth-order valence-corrected chi connectivity index (χ4v) is 4.23. The van der Waals surface area contributed by atoms with E-state index in [0.29, 0.717) is 18.1 Å². The number of halogens is 2. The van der Waals surface area contributed by atoms with Crippen LogP contribution in [0.5, 0.6) is 0 Å². The minimum Gasteiger partial charge on any atom is -0.379 e. The summed E-state index contributed by atoms with van der Waals surface area (Å²) < 4.78 is 18.6. The highest BCUT2D eigenvalue weighted by Crippen LogP contribution is 2.14. The molecule has 0 aromatic heterocycles. The Morgan fingerprint density at radius 2 is 1.93 bits per heavy atom. The zero-order valence-corrected chi connectivity index (χ0v) is 20.8. The minimum absolute atomic E-state index is 0. The molecule has 2 saturated heterocycles. The molecule has 2 heterocycles. The molecule has 2 N–H and O–H groups in total. The Bertz CT molecular complexity index is 651. The number of guanidine groups is 1. The van der Waals surface area contributed by atoms with Gasteiger partial charge in [0.25, 0.3) is 0 Å². The number of morpholine rings is 1. The van der Waals surface area contributed by atoms with E-state index in [1.165, 1.54) is 17.7 Å². The lowest BCUT2D eigenvalue weighted by Gasteiger charge is -2.38. The summed E-state index contributed by atoms with van der Waals surface area (Å²) in [6.07, 6.45) is 2.16. The summed E-state index contributed by atoms with van der Waals surface area (Å²) in [6, 6.07) is 8.16. The summed E-state index contributed by atoms with van der Waals surface area (Å²) in [6.45, 7) is 10.9. The summed E-state index contributed by atoms with van der Waals surface area (Å²) in [5.41, 5.74) is 1.17. The fourth-order valence-electron chi connectivity index (χ4n) is 4.23. The third kappa shape index (κ3) is 7.62. The Morgan fingerprint density at radius 3 is 2.57 bits per heavy atom. The number of piperidine rings is 1. The van der Waals surface area contributed by atoms with Crippen molar-refractivity contribution in [2.24, 2.45) is 4.99 Å². The van der Waals surface area contributed by atoms with Crippen molar-refractivity contribution >= 4 is 29.9 Å². The zero-order chi connectivity index (χ0) is 20.6. The van der Waals surface area contributed by atoms with Crippen LogP contribution in [0.25, 0.3) is 0 Å². The van der Waals surface area contributed by atoms with Crippen molar-refractivity contribution in [3.8, 4) is 0 Å². The topological polar surface area (TPSA) is 52.1 Å². The van der Waals surface area contributed by atoms with Gasteiger partial charge in [0.05, 0.1) is 13.2 Å². The Hall–Kier alpha value is -0.970. The summed E-state index contributed by atoms with van der Waals surface area (Å²) in [5.74, 6) is 0.711. The second-order valence-electron chi connectivity index (χ2n) is 8.29. The third-order valence-electron chi connectivity index (χ3n) is 6.02. The van der Waals surface area contributed by atoms with E-state index in [2.05, 4.69) is 39.3 Å². The molecule has 170 valence electrons. The van der Waals surface area contributed by atoms with Crippen LogP contribution in [0.1, 0.15) is 32.3 Å². The van der Waals surface area contributed by atoms with Crippen LogP contribution in [-0.2, 0) is 11.3 Å². The second kappa shape index (κ2) is 12.8. The number of hydrogen-bond acceptors (Lipinski definition) is 4. The van der Waals surface area contributed by atoms with Crippen molar-refractivity contribution in [3.63, 3.8) is 0 Å². The summed E-state index contributed by atoms with van der Waals surface area (Å²) >= 11 is 0. The van der Waals surface area contributed by atoms with Crippen molar-refractivity contribution in [2.75, 3.05) is 46.4 Å². The van der Waals surface area contributed by atoms with Crippen LogP contribution in [0.3, 0.4) is 0 Å². The summed E-state index contributed by atoms with van der Waals surface area (Å²) in [4.78, 5) is 9.35. The number of aliphatic imine (C=N–C) groups is 1. The van der Waals surface area contributed by atoms with Gasteiger partial charge in [-0.2, -0.15) is 0 Å². The van der Waals surface area contributed by atoms with Crippen LogP contribution in [-0.4, -0.2) is 80.3 Å². The lowest BCUT2D eigenvalue weighted by molar-refractivity contribution is -0.0174. The van der Waals surface area contributed by atoms with Crippen LogP contribution in [0, 0.1) is 5.82 Å². The molecule has 1 aromatic carbocycles. The molecular formula is C22H37FIN5O. The Balaban J connectivity index is 0.00000320. The number of hydrogen-bond donors (Lipinski definition) is 2. The number of nitrogens with zero attached hydrogens (tertiary/aromatic N) is 3. The normalized spacial score (nSPS) is 22.9. The van der Waals surface area contributed by atoms with E-state index >= 15 is 0 Å². The number of benzene rings is 1. The fraction of sp³-hybridized carbons (Fsp3) is 0.682. The van der Waals surface area contributed by atoms with Gasteiger partial charge in [-0.15, -0.1) is 24.0 Å². The van der Waals surface area contributed by atoms with E-state index in [1.807, 2.05) is 19.2 Å². The van der Waals surface area contributed by atoms with Crippen LogP contribution < -0.4 is 10.6 Å². The molecular weight excluding hydrogens is 496 g/mol. The van der Waals surface area contributed by atoms with Gasteiger partial charge in [0, 0.05) is 57.9 Å². The van der Waals surface area contributed by atoms with Crippen LogP contribution >= 0.6 is 24.0 Å². The molecule has 2 atom stereocenters. The third-order valence-corrected chi connectivity index (χ3v) is 6.02. The predicted molar refractivity (Wildman–Crippen MR) is 131 cm³/mol. The molecule has 2 aliphatic heterocycles. The molecule has 0 bridgehead atoms. The van der Waals surface area contributed by atoms with Gasteiger partial charge < -0.3 is 15.4 Å². The average Bonchev–Trinajstić information content (AvgIpc) is 2.74. The smallest absolute Gasteiger partial charge is 0.191 e. The summed E-state index contributed by atoms with van der Waals surface area (Å²) in [5, 5.41) is 7.08. The van der Waals surface area contributed by atoms with Gasteiger partial charge in [-0.3, -0.25) is 14.8 Å². The van der Waals surface area contributed by atoms with Gasteiger partial charge in [-0.1, -0.05) is 12.1 Å². The molecule has 6 nitrogen and oxygen atoms in total. The lowest BCUT2D eigenvalue weighted by Crippen LogP contribution is -2.54. The highest BCUT2D eigenvalue weighted by Gasteiger charge is 2.24. The Morgan fingerprint density at radius 1 is 1.23 bits per heavy atom. The molecule has 0 saturated carbocycles. The van der Waals surface area contributed by atoms with Gasteiger partial charge >= 0.3 is 0 Å². The van der Waals surface area contributed by atoms with Crippen molar-refractivity contribution in [2.45, 2.75) is 51.4 Å². The summed E-state index contributed by atoms with van der Waals surface area (Å²) in [7, 11) is 1.83. The maximum atomic E-state index is 13.1. The highest BCUT2D eigenvalue weighted by molar-refractivity contribution is 14.0. The maximum absolute atomic E-state index is 13.1. The lowest BCUT2D eigenvalue weighted by atomic mass is 10.0. The van der Waals surface area contributed by atoms with Crippen LogP contribution in [0.4, 0.5) is 4.39 Å². The molecule has 3 rings (SSSR count). The first-order valence-corrected chi connectivity index (χ1v) is 10.8. The largest absolute Gasteiger partial charge is 0.379 e. The van der Waals surface area contributed by atoms with Crippen molar-refractivity contribution in [1.29, 1.82) is 0 Å². The quantitative estimate of drug-likeness (QED) is 0.335. The highest BCUT2D eigenvalue weighted by atomic mass is 127. The van der Waals surface area contributed by atoms with Crippen molar-refractivity contribution in [1.82, 2.24) is 20.4 Å². The van der Waals surface area contributed by atoms with Gasteiger partial charge in [-0.05, 0) is 44.4 Å². The van der Waals surface area contributed by atoms with E-state index in [9.17, 15) is 4.39 Å². The molecule has 0 spiro atoms. The number of rotatable bonds is 6. The van der Waals surface area contributed by atoms with E-state index in [-0.39, 0.29) is 29.8 Å². The Labute approximate surface area is 197 Å². The molecule has 0 aliphatic carbocycles. The number of likely N-dealkylation sites (tertiary alicyclic amines) is 1. The first-order valence-electron chi connectivity index (χ1n) is 10.8. The standard InChI is InChI=1S/C22H36FN5O.HI/c1-17(28-12-13-29-16-18(28)2)14-25-22(24-3)26-21-8-10-27(11-9-21)15-19-4-6-20(23)7-5-19;/h4-7,17-18,21H,8-16H2,1-3H3,(H2,24,25,26);1H. The molecule has 1 aromatic rings. The average molecular weight is 533 g/mol. The molecule has 8 heteroatoms. The van der Waals surface area contributed by atoms with Crippen LogP contribution in [0.2, 0.25) is 0 Å². The molecule has 2 fully saturated rings. The molecule has 0 radical (unpaired) electrons. The van der Waals surface area contributed by atoms with E-state index in [0.717, 1.165) is 64.7 Å². The molecule has 30 heavy (non-hydrogen) atoms. The molecule has 0 amide bonds. The zero-order valence-electron chi connectivity index (χ0n) is 18.4. The van der Waals surface area contributed by atoms with E-state index in [4.69, 9.17) is 4.74 Å². The molecule has 2 aliphatic rings. The van der Waals surface area contributed by atoms with Gasteiger partial charge in [0.2, 0.25) is 0 Å². The van der Waals surface area contributed by atoms with Gasteiger partial charge in [0.15, 0.2) is 5.96 Å². The monoisotopic (exact) mass is 533 g/mol.